The molecule has 1 aliphatic heterocycles. The van der Waals surface area contributed by atoms with E-state index in [1.165, 1.54) is 18.8 Å². The Bertz CT molecular complexity index is 292. The zero-order valence-corrected chi connectivity index (χ0v) is 9.03. The normalized spacial score (nSPS) is 27.9. The molecule has 2 rings (SSSR count). The van der Waals surface area contributed by atoms with E-state index in [0.717, 1.165) is 24.8 Å². The van der Waals surface area contributed by atoms with Gasteiger partial charge in [-0.15, -0.1) is 0 Å². The molecule has 2 unspecified atom stereocenters. The third-order valence-corrected chi connectivity index (χ3v) is 3.33. The highest BCUT2D eigenvalue weighted by atomic mass is 15.0. The molecule has 0 radical (unpaired) electrons. The van der Waals surface area contributed by atoms with Gasteiger partial charge in [-0.05, 0) is 31.3 Å². The molecule has 14 heavy (non-hydrogen) atoms. The maximum absolute atomic E-state index is 4.39. The van der Waals surface area contributed by atoms with Crippen LogP contribution in [-0.4, -0.2) is 22.6 Å². The molecule has 2 atom stereocenters. The summed E-state index contributed by atoms with van der Waals surface area (Å²) >= 11 is 0. The number of hydrogen-bond acceptors (Lipinski definition) is 2. The summed E-state index contributed by atoms with van der Waals surface area (Å²) in [7, 11) is 2.08. The first-order valence-electron chi connectivity index (χ1n) is 5.44. The van der Waals surface area contributed by atoms with Gasteiger partial charge < -0.3 is 9.88 Å². The molecule has 0 spiro atoms. The second kappa shape index (κ2) is 4.13. The van der Waals surface area contributed by atoms with Crippen molar-refractivity contribution >= 4 is 0 Å². The summed E-state index contributed by atoms with van der Waals surface area (Å²) in [6.07, 6.45) is 6.34. The van der Waals surface area contributed by atoms with Crippen molar-refractivity contribution < 1.29 is 0 Å². The number of rotatable bonds is 2. The van der Waals surface area contributed by atoms with E-state index in [9.17, 15) is 0 Å². The molecular weight excluding hydrogens is 174 g/mol. The summed E-state index contributed by atoms with van der Waals surface area (Å²) in [5, 5.41) is 3.43. The monoisotopic (exact) mass is 193 g/mol. The number of imidazole rings is 1. The minimum absolute atomic E-state index is 0.778. The van der Waals surface area contributed by atoms with Gasteiger partial charge in [0.25, 0.3) is 0 Å². The molecule has 3 nitrogen and oxygen atoms in total. The van der Waals surface area contributed by atoms with Crippen molar-refractivity contribution in [1.29, 1.82) is 0 Å². The largest absolute Gasteiger partial charge is 0.338 e. The Kier molecular flexibility index (Phi) is 2.87. The van der Waals surface area contributed by atoms with Crippen LogP contribution in [0.2, 0.25) is 0 Å². The number of nitrogens with one attached hydrogen (secondary N) is 1. The van der Waals surface area contributed by atoms with Crippen LogP contribution in [0, 0.1) is 11.8 Å². The molecule has 0 aliphatic carbocycles. The van der Waals surface area contributed by atoms with Gasteiger partial charge in [0.1, 0.15) is 5.82 Å². The minimum atomic E-state index is 0.778. The summed E-state index contributed by atoms with van der Waals surface area (Å²) in [5.74, 6) is 2.81. The third-order valence-electron chi connectivity index (χ3n) is 3.33. The van der Waals surface area contributed by atoms with E-state index < -0.39 is 0 Å². The van der Waals surface area contributed by atoms with Crippen LogP contribution < -0.4 is 5.32 Å². The average molecular weight is 193 g/mol. The SMILES string of the molecule is CC1CNCCC1Cc1nccn1C. The molecule has 2 heterocycles. The number of piperidine rings is 1. The van der Waals surface area contributed by atoms with Crippen molar-refractivity contribution in [1.82, 2.24) is 14.9 Å². The lowest BCUT2D eigenvalue weighted by Gasteiger charge is -2.29. The number of aryl methyl sites for hydroxylation is 1. The van der Waals surface area contributed by atoms with Crippen LogP contribution in [0.25, 0.3) is 0 Å². The van der Waals surface area contributed by atoms with Crippen molar-refractivity contribution in [2.45, 2.75) is 19.8 Å². The Morgan fingerprint density at radius 1 is 1.64 bits per heavy atom. The summed E-state index contributed by atoms with van der Waals surface area (Å²) in [6.45, 7) is 4.66. The van der Waals surface area contributed by atoms with Crippen LogP contribution in [0.1, 0.15) is 19.2 Å². The van der Waals surface area contributed by atoms with Crippen molar-refractivity contribution in [2.75, 3.05) is 13.1 Å². The Morgan fingerprint density at radius 2 is 2.50 bits per heavy atom. The second-order valence-electron chi connectivity index (χ2n) is 4.39. The molecule has 1 aromatic heterocycles. The lowest BCUT2D eigenvalue weighted by molar-refractivity contribution is 0.267. The Labute approximate surface area is 85.5 Å². The quantitative estimate of drug-likeness (QED) is 0.765. The fourth-order valence-electron chi connectivity index (χ4n) is 2.20. The molecule has 0 aromatic carbocycles. The van der Waals surface area contributed by atoms with E-state index in [0.29, 0.717) is 0 Å². The van der Waals surface area contributed by atoms with Crippen LogP contribution in [0.15, 0.2) is 12.4 Å². The fourth-order valence-corrected chi connectivity index (χ4v) is 2.20. The van der Waals surface area contributed by atoms with E-state index >= 15 is 0 Å². The molecule has 1 fully saturated rings. The second-order valence-corrected chi connectivity index (χ2v) is 4.39. The van der Waals surface area contributed by atoms with Gasteiger partial charge in [0.05, 0.1) is 0 Å². The lowest BCUT2D eigenvalue weighted by atomic mass is 9.85. The van der Waals surface area contributed by atoms with Crippen molar-refractivity contribution in [3.8, 4) is 0 Å². The zero-order chi connectivity index (χ0) is 9.97. The van der Waals surface area contributed by atoms with Gasteiger partial charge in [-0.2, -0.15) is 0 Å². The first-order valence-corrected chi connectivity index (χ1v) is 5.44. The summed E-state index contributed by atoms with van der Waals surface area (Å²) in [5.41, 5.74) is 0. The molecule has 3 heteroatoms. The predicted molar refractivity (Wildman–Crippen MR) is 57.1 cm³/mol. The number of nitrogens with zero attached hydrogens (tertiary/aromatic N) is 2. The highest BCUT2D eigenvalue weighted by molar-refractivity contribution is 4.94. The molecule has 0 bridgehead atoms. The fraction of sp³-hybridized carbons (Fsp3) is 0.727. The van der Waals surface area contributed by atoms with Gasteiger partial charge in [-0.25, -0.2) is 4.98 Å². The lowest BCUT2D eigenvalue weighted by Crippen LogP contribution is -2.36. The molecule has 0 saturated carbocycles. The summed E-state index contributed by atoms with van der Waals surface area (Å²) in [4.78, 5) is 4.39. The first-order chi connectivity index (χ1) is 6.77. The zero-order valence-electron chi connectivity index (χ0n) is 9.03. The molecule has 1 aromatic rings. The Morgan fingerprint density at radius 3 is 3.14 bits per heavy atom. The van der Waals surface area contributed by atoms with Crippen molar-refractivity contribution in [3.05, 3.63) is 18.2 Å². The molecule has 78 valence electrons. The predicted octanol–water partition coefficient (Wildman–Crippen LogP) is 1.21. The van der Waals surface area contributed by atoms with Gasteiger partial charge in [0.2, 0.25) is 0 Å². The molecule has 1 aliphatic rings. The average Bonchev–Trinajstić information content (AvgIpc) is 2.56. The standard InChI is InChI=1S/C11H19N3/c1-9-8-12-4-3-10(9)7-11-13-5-6-14(11)2/h5-6,9-10,12H,3-4,7-8H2,1-2H3. The topological polar surface area (TPSA) is 29.9 Å². The van der Waals surface area contributed by atoms with Crippen LogP contribution >= 0.6 is 0 Å². The van der Waals surface area contributed by atoms with Gasteiger partial charge >= 0.3 is 0 Å². The summed E-state index contributed by atoms with van der Waals surface area (Å²) in [6, 6.07) is 0. The highest BCUT2D eigenvalue weighted by Crippen LogP contribution is 2.22. The smallest absolute Gasteiger partial charge is 0.108 e. The number of aromatic nitrogens is 2. The van der Waals surface area contributed by atoms with Crippen LogP contribution in [0.4, 0.5) is 0 Å². The van der Waals surface area contributed by atoms with E-state index in [2.05, 4.69) is 28.8 Å². The van der Waals surface area contributed by atoms with Gasteiger partial charge in [0.15, 0.2) is 0 Å². The van der Waals surface area contributed by atoms with E-state index in [1.807, 2.05) is 12.4 Å². The van der Waals surface area contributed by atoms with E-state index in [4.69, 9.17) is 0 Å². The Hall–Kier alpha value is -0.830. The minimum Gasteiger partial charge on any atom is -0.338 e. The van der Waals surface area contributed by atoms with Crippen LogP contribution in [-0.2, 0) is 13.5 Å². The molecule has 1 N–H and O–H groups in total. The molecular formula is C11H19N3. The maximum atomic E-state index is 4.39. The van der Waals surface area contributed by atoms with Crippen LogP contribution in [0.3, 0.4) is 0 Å². The van der Waals surface area contributed by atoms with Gasteiger partial charge in [-0.1, -0.05) is 6.92 Å². The molecule has 0 amide bonds. The molecule has 1 saturated heterocycles. The van der Waals surface area contributed by atoms with E-state index in [-0.39, 0.29) is 0 Å². The third kappa shape index (κ3) is 1.98. The van der Waals surface area contributed by atoms with Crippen molar-refractivity contribution in [2.24, 2.45) is 18.9 Å². The van der Waals surface area contributed by atoms with E-state index in [1.54, 1.807) is 0 Å². The van der Waals surface area contributed by atoms with Crippen molar-refractivity contribution in [3.63, 3.8) is 0 Å². The maximum Gasteiger partial charge on any atom is 0.108 e. The first kappa shape index (κ1) is 9.71. The van der Waals surface area contributed by atoms with Crippen LogP contribution in [0.5, 0.6) is 0 Å². The highest BCUT2D eigenvalue weighted by Gasteiger charge is 2.22. The van der Waals surface area contributed by atoms with Gasteiger partial charge in [0, 0.05) is 25.9 Å². The Balaban J connectivity index is 1.99. The summed E-state index contributed by atoms with van der Waals surface area (Å²) < 4.78 is 2.13. The number of hydrogen-bond donors (Lipinski definition) is 1. The van der Waals surface area contributed by atoms with Gasteiger partial charge in [-0.3, -0.25) is 0 Å².